The summed E-state index contributed by atoms with van der Waals surface area (Å²) in [6.07, 6.45) is 0.00820. The number of nitrogen functional groups attached to an aromatic ring is 1. The summed E-state index contributed by atoms with van der Waals surface area (Å²) in [5.74, 6) is -0.696. The molecule has 0 aromatic heterocycles. The van der Waals surface area contributed by atoms with E-state index in [1.54, 1.807) is 19.1 Å². The Hall–Kier alpha value is -2.82. The van der Waals surface area contributed by atoms with Crippen LogP contribution in [0.2, 0.25) is 0 Å². The van der Waals surface area contributed by atoms with Crippen molar-refractivity contribution in [1.29, 1.82) is 0 Å². The summed E-state index contributed by atoms with van der Waals surface area (Å²) >= 11 is 0. The molecular weight excluding hydrogens is 328 g/mol. The van der Waals surface area contributed by atoms with E-state index in [0.717, 1.165) is 12.0 Å². The summed E-state index contributed by atoms with van der Waals surface area (Å²) in [7, 11) is 0. The maximum Gasteiger partial charge on any atom is 0.341 e. The predicted molar refractivity (Wildman–Crippen MR) is 103 cm³/mol. The van der Waals surface area contributed by atoms with E-state index in [9.17, 15) is 9.59 Å². The summed E-state index contributed by atoms with van der Waals surface area (Å²) < 4.78 is 5.27. The zero-order chi connectivity index (χ0) is 19.1. The van der Waals surface area contributed by atoms with Gasteiger partial charge >= 0.3 is 5.97 Å². The van der Waals surface area contributed by atoms with E-state index >= 15 is 0 Å². The number of hydrogen-bond donors (Lipinski definition) is 2. The number of amides is 1. The maximum absolute atomic E-state index is 12.3. The molecule has 2 aromatic carbocycles. The molecule has 0 heterocycles. The van der Waals surface area contributed by atoms with E-state index in [4.69, 9.17) is 10.5 Å². The normalized spacial score (nSPS) is 12.9. The molecule has 0 saturated carbocycles. The number of nitrogens with two attached hydrogens (primary N) is 1. The van der Waals surface area contributed by atoms with Crippen LogP contribution in [0, 0.1) is 6.92 Å². The van der Waals surface area contributed by atoms with Crippen LogP contribution in [-0.4, -0.2) is 24.5 Å². The number of carbonyl (C=O) groups excluding carboxylic acids is 2. The molecule has 2 rings (SSSR count). The summed E-state index contributed by atoms with van der Waals surface area (Å²) in [5, 5.41) is 2.87. The van der Waals surface area contributed by atoms with Gasteiger partial charge in [-0.2, -0.15) is 0 Å². The number of anilines is 1. The first-order valence-electron chi connectivity index (χ1n) is 8.82. The summed E-state index contributed by atoms with van der Waals surface area (Å²) in [6.45, 7) is 5.95. The number of benzene rings is 2. The second-order valence-corrected chi connectivity index (χ2v) is 6.34. The minimum absolute atomic E-state index is 0.218. The third-order valence-electron chi connectivity index (χ3n) is 4.48. The van der Waals surface area contributed by atoms with Gasteiger partial charge < -0.3 is 15.8 Å². The lowest BCUT2D eigenvalue weighted by atomic mass is 9.96. The Morgan fingerprint density at radius 1 is 1.12 bits per heavy atom. The number of aryl methyl sites for hydroxylation is 1. The van der Waals surface area contributed by atoms with E-state index in [-0.39, 0.29) is 17.4 Å². The molecular formula is C21H26N2O3. The van der Waals surface area contributed by atoms with E-state index < -0.39 is 12.1 Å². The molecule has 5 heteroatoms. The average Bonchev–Trinajstić information content (AvgIpc) is 2.65. The largest absolute Gasteiger partial charge is 0.449 e. The standard InChI is InChI=1S/C21H26N2O3/c1-4-16(17-10-6-5-7-11-17)13-23-20(24)15(3)26-21(25)18-12-8-9-14(2)19(18)22/h5-12,15-16H,4,13,22H2,1-3H3,(H,23,24)/t15-,16-/m0/s1. The highest BCUT2D eigenvalue weighted by Crippen LogP contribution is 2.19. The molecule has 0 aliphatic rings. The smallest absolute Gasteiger partial charge is 0.341 e. The highest BCUT2D eigenvalue weighted by Gasteiger charge is 2.21. The van der Waals surface area contributed by atoms with E-state index in [0.29, 0.717) is 12.2 Å². The van der Waals surface area contributed by atoms with Crippen LogP contribution in [0.3, 0.4) is 0 Å². The number of carbonyl (C=O) groups is 2. The highest BCUT2D eigenvalue weighted by atomic mass is 16.5. The number of nitrogens with one attached hydrogen (secondary N) is 1. The average molecular weight is 354 g/mol. The molecule has 138 valence electrons. The van der Waals surface area contributed by atoms with Crippen molar-refractivity contribution in [1.82, 2.24) is 5.32 Å². The van der Waals surface area contributed by atoms with Crippen molar-refractivity contribution in [2.45, 2.75) is 39.2 Å². The lowest BCUT2D eigenvalue weighted by Crippen LogP contribution is -2.38. The van der Waals surface area contributed by atoms with Crippen molar-refractivity contribution in [3.05, 3.63) is 65.2 Å². The van der Waals surface area contributed by atoms with Gasteiger partial charge in [0.2, 0.25) is 0 Å². The second kappa shape index (κ2) is 9.04. The van der Waals surface area contributed by atoms with Crippen molar-refractivity contribution >= 4 is 17.6 Å². The van der Waals surface area contributed by atoms with Crippen molar-refractivity contribution in [2.24, 2.45) is 0 Å². The fourth-order valence-corrected chi connectivity index (χ4v) is 2.73. The van der Waals surface area contributed by atoms with Crippen LogP contribution < -0.4 is 11.1 Å². The Kier molecular flexibility index (Phi) is 6.78. The Morgan fingerprint density at radius 3 is 2.46 bits per heavy atom. The number of esters is 1. The first-order valence-corrected chi connectivity index (χ1v) is 8.82. The van der Waals surface area contributed by atoms with Gasteiger partial charge in [0.25, 0.3) is 5.91 Å². The Bertz CT molecular complexity index is 759. The van der Waals surface area contributed by atoms with Gasteiger partial charge in [-0.1, -0.05) is 49.4 Å². The molecule has 0 saturated heterocycles. The topological polar surface area (TPSA) is 81.4 Å². The molecule has 3 N–H and O–H groups in total. The van der Waals surface area contributed by atoms with Gasteiger partial charge in [-0.05, 0) is 37.5 Å². The second-order valence-electron chi connectivity index (χ2n) is 6.34. The summed E-state index contributed by atoms with van der Waals surface area (Å²) in [4.78, 5) is 24.6. The van der Waals surface area contributed by atoms with Gasteiger partial charge in [0.05, 0.1) is 5.56 Å². The molecule has 1 amide bonds. The number of hydrogen-bond acceptors (Lipinski definition) is 4. The first kappa shape index (κ1) is 19.5. The number of rotatable bonds is 7. The molecule has 0 unspecified atom stereocenters. The van der Waals surface area contributed by atoms with Crippen molar-refractivity contribution in [3.8, 4) is 0 Å². The monoisotopic (exact) mass is 354 g/mol. The molecule has 0 bridgehead atoms. The summed E-state index contributed by atoms with van der Waals surface area (Å²) in [5.41, 5.74) is 8.54. The van der Waals surface area contributed by atoms with Crippen LogP contribution in [-0.2, 0) is 9.53 Å². The van der Waals surface area contributed by atoms with Crippen molar-refractivity contribution in [3.63, 3.8) is 0 Å². The predicted octanol–water partition coefficient (Wildman–Crippen LogP) is 3.43. The quantitative estimate of drug-likeness (QED) is 0.589. The van der Waals surface area contributed by atoms with Gasteiger partial charge in [-0.25, -0.2) is 4.79 Å². The minimum atomic E-state index is -0.893. The van der Waals surface area contributed by atoms with Crippen molar-refractivity contribution in [2.75, 3.05) is 12.3 Å². The van der Waals surface area contributed by atoms with Crippen LogP contribution in [0.5, 0.6) is 0 Å². The molecule has 0 fully saturated rings. The van der Waals surface area contributed by atoms with Crippen LogP contribution in [0.4, 0.5) is 5.69 Å². The fraction of sp³-hybridized carbons (Fsp3) is 0.333. The third-order valence-corrected chi connectivity index (χ3v) is 4.48. The zero-order valence-corrected chi connectivity index (χ0v) is 15.5. The first-order chi connectivity index (χ1) is 12.4. The molecule has 0 aliphatic carbocycles. The lowest BCUT2D eigenvalue weighted by Gasteiger charge is -2.19. The molecule has 2 aromatic rings. The SMILES string of the molecule is CC[C@@H](CNC(=O)[C@H](C)OC(=O)c1cccc(C)c1N)c1ccccc1. The fourth-order valence-electron chi connectivity index (χ4n) is 2.73. The minimum Gasteiger partial charge on any atom is -0.449 e. The Balaban J connectivity index is 1.93. The van der Waals surface area contributed by atoms with Gasteiger partial charge in [0.1, 0.15) is 0 Å². The van der Waals surface area contributed by atoms with Crippen LogP contribution in [0.1, 0.15) is 47.7 Å². The summed E-state index contributed by atoms with van der Waals surface area (Å²) in [6, 6.07) is 15.2. The van der Waals surface area contributed by atoms with Crippen LogP contribution in [0.15, 0.2) is 48.5 Å². The van der Waals surface area contributed by atoms with Gasteiger partial charge in [0, 0.05) is 18.2 Å². The number of para-hydroxylation sites is 1. The number of ether oxygens (including phenoxy) is 1. The molecule has 5 nitrogen and oxygen atoms in total. The van der Waals surface area contributed by atoms with Gasteiger partial charge in [-0.3, -0.25) is 4.79 Å². The van der Waals surface area contributed by atoms with Crippen LogP contribution >= 0.6 is 0 Å². The van der Waals surface area contributed by atoms with E-state index in [1.165, 1.54) is 5.56 Å². The Morgan fingerprint density at radius 2 is 1.81 bits per heavy atom. The Labute approximate surface area is 154 Å². The molecule has 0 radical (unpaired) electrons. The lowest BCUT2D eigenvalue weighted by molar-refractivity contribution is -0.129. The van der Waals surface area contributed by atoms with E-state index in [1.807, 2.05) is 43.3 Å². The third kappa shape index (κ3) is 4.85. The van der Waals surface area contributed by atoms with Gasteiger partial charge in [-0.15, -0.1) is 0 Å². The molecule has 0 spiro atoms. The highest BCUT2D eigenvalue weighted by molar-refractivity contribution is 5.97. The van der Waals surface area contributed by atoms with Gasteiger partial charge in [0.15, 0.2) is 6.10 Å². The van der Waals surface area contributed by atoms with E-state index in [2.05, 4.69) is 12.2 Å². The molecule has 2 atom stereocenters. The zero-order valence-electron chi connectivity index (χ0n) is 15.5. The van der Waals surface area contributed by atoms with Crippen LogP contribution in [0.25, 0.3) is 0 Å². The molecule has 0 aliphatic heterocycles. The molecule has 26 heavy (non-hydrogen) atoms. The van der Waals surface area contributed by atoms with Crippen molar-refractivity contribution < 1.29 is 14.3 Å². The maximum atomic E-state index is 12.3.